The molecular formula is C44H58N4O2S3. The zero-order chi connectivity index (χ0) is 39.2. The molecule has 0 amide bonds. The van der Waals surface area contributed by atoms with Crippen LogP contribution in [0.5, 0.6) is 11.5 Å². The molecule has 7 aromatic rings. The van der Waals surface area contributed by atoms with Crippen molar-refractivity contribution in [3.63, 3.8) is 0 Å². The van der Waals surface area contributed by atoms with Crippen molar-refractivity contribution >= 4 is 56.9 Å². The fourth-order valence-corrected chi connectivity index (χ4v) is 6.34. The number of benzene rings is 4. The molecular weight excluding hydrogens is 713 g/mol. The van der Waals surface area contributed by atoms with E-state index in [4.69, 9.17) is 9.47 Å². The standard InChI is InChI=1S/C16H18.C8H8N2S.C7H6N2S.C7H8O2S.3C2H6/c1-16(2,3)15-11-9-14(10-12-15)13-7-5-4-6-8-13;1-5-3-7-8(4-6(5)2)10-11-9-7;1-5-2-3-6-7(4-5)9-10-8-6;1-2-8-6-4-10-5-7(6)9-3-1;3*1-2/h4-12H,1-3H3;3-4H,1-2H3;2-4H,1H3;4-5H,1-3H2;3*1-2H3. The summed E-state index contributed by atoms with van der Waals surface area (Å²) in [7, 11) is 0. The average molecular weight is 771 g/mol. The van der Waals surface area contributed by atoms with Crippen molar-refractivity contribution in [2.75, 3.05) is 13.2 Å². The number of rotatable bonds is 1. The highest BCUT2D eigenvalue weighted by atomic mass is 32.1. The second-order valence-corrected chi connectivity index (χ2v) is 14.1. The second kappa shape index (κ2) is 24.2. The zero-order valence-electron chi connectivity index (χ0n) is 33.7. The first-order valence-corrected chi connectivity index (χ1v) is 20.9. The summed E-state index contributed by atoms with van der Waals surface area (Å²) in [5.41, 5.74) is 12.0. The van der Waals surface area contributed by atoms with E-state index in [1.807, 2.05) is 76.6 Å². The SMILES string of the molecule is CC.CC.CC.CC(C)(C)c1ccc(-c2ccccc2)cc1.Cc1cc2nsnc2cc1C.Cc1ccc2nsnc2c1.c1scc2c1OCCCO2. The van der Waals surface area contributed by atoms with Crippen molar-refractivity contribution in [3.8, 4) is 22.6 Å². The minimum absolute atomic E-state index is 0.231. The molecule has 1 aliphatic rings. The van der Waals surface area contributed by atoms with Crippen LogP contribution in [0, 0.1) is 20.8 Å². The monoisotopic (exact) mass is 770 g/mol. The van der Waals surface area contributed by atoms with Crippen molar-refractivity contribution in [2.24, 2.45) is 0 Å². The van der Waals surface area contributed by atoms with Gasteiger partial charge in [0, 0.05) is 17.2 Å². The van der Waals surface area contributed by atoms with Gasteiger partial charge in [-0.1, -0.05) is 123 Å². The molecule has 0 unspecified atom stereocenters. The predicted molar refractivity (Wildman–Crippen MR) is 234 cm³/mol. The van der Waals surface area contributed by atoms with Gasteiger partial charge in [-0.25, -0.2) is 0 Å². The van der Waals surface area contributed by atoms with Crippen LogP contribution in [0.2, 0.25) is 0 Å². The number of ether oxygens (including phenoxy) is 2. The fourth-order valence-electron chi connectivity index (χ4n) is 4.63. The summed E-state index contributed by atoms with van der Waals surface area (Å²) in [4.78, 5) is 0. The van der Waals surface area contributed by atoms with Crippen molar-refractivity contribution < 1.29 is 9.47 Å². The third-order valence-corrected chi connectivity index (χ3v) is 9.35. The molecule has 0 bridgehead atoms. The van der Waals surface area contributed by atoms with Gasteiger partial charge in [-0.2, -0.15) is 17.5 Å². The lowest BCUT2D eigenvalue weighted by Crippen LogP contribution is -2.10. The number of nitrogens with zero attached hydrogens (tertiary/aromatic N) is 4. The molecule has 1 aliphatic heterocycles. The molecule has 0 fully saturated rings. The molecule has 6 nitrogen and oxygen atoms in total. The first-order chi connectivity index (χ1) is 25.7. The molecule has 0 aliphatic carbocycles. The number of hydrogen-bond donors (Lipinski definition) is 0. The number of hydrogen-bond acceptors (Lipinski definition) is 9. The van der Waals surface area contributed by atoms with Gasteiger partial charge in [0.1, 0.15) is 22.1 Å². The molecule has 8 rings (SSSR count). The molecule has 284 valence electrons. The molecule has 0 atom stereocenters. The minimum Gasteiger partial charge on any atom is -0.489 e. The van der Waals surface area contributed by atoms with Gasteiger partial charge in [0.05, 0.1) is 36.7 Å². The Morgan fingerprint density at radius 2 is 0.981 bits per heavy atom. The largest absolute Gasteiger partial charge is 0.489 e. The Bertz CT molecular complexity index is 1940. The van der Waals surface area contributed by atoms with Crippen LogP contribution < -0.4 is 9.47 Å². The molecule has 0 radical (unpaired) electrons. The zero-order valence-corrected chi connectivity index (χ0v) is 36.1. The lowest BCUT2D eigenvalue weighted by Gasteiger charge is -2.19. The fraction of sp³-hybridized carbons (Fsp3) is 0.364. The van der Waals surface area contributed by atoms with Gasteiger partial charge in [-0.15, -0.1) is 11.3 Å². The van der Waals surface area contributed by atoms with Gasteiger partial charge in [0.15, 0.2) is 11.5 Å². The molecule has 0 N–H and O–H groups in total. The van der Waals surface area contributed by atoms with E-state index >= 15 is 0 Å². The summed E-state index contributed by atoms with van der Waals surface area (Å²) in [5.74, 6) is 1.81. The summed E-state index contributed by atoms with van der Waals surface area (Å²) >= 11 is 4.15. The van der Waals surface area contributed by atoms with Crippen molar-refractivity contribution in [1.82, 2.24) is 17.5 Å². The average Bonchev–Trinajstić information content (AvgIpc) is 3.94. The lowest BCUT2D eigenvalue weighted by atomic mass is 9.86. The molecule has 4 heterocycles. The predicted octanol–water partition coefficient (Wildman–Crippen LogP) is 13.9. The summed E-state index contributed by atoms with van der Waals surface area (Å²) in [6.07, 6.45) is 0.985. The highest BCUT2D eigenvalue weighted by Gasteiger charge is 2.13. The van der Waals surface area contributed by atoms with E-state index in [1.165, 1.54) is 56.8 Å². The molecule has 0 saturated carbocycles. The number of aromatic nitrogens is 4. The van der Waals surface area contributed by atoms with Crippen LogP contribution in [-0.2, 0) is 5.41 Å². The van der Waals surface area contributed by atoms with E-state index in [2.05, 4.69) is 120 Å². The maximum absolute atomic E-state index is 5.37. The molecule has 0 spiro atoms. The van der Waals surface area contributed by atoms with Gasteiger partial charge in [0.25, 0.3) is 0 Å². The highest BCUT2D eigenvalue weighted by Crippen LogP contribution is 2.33. The van der Waals surface area contributed by atoms with Crippen LogP contribution in [-0.4, -0.2) is 30.7 Å². The van der Waals surface area contributed by atoms with Gasteiger partial charge >= 0.3 is 0 Å². The van der Waals surface area contributed by atoms with E-state index < -0.39 is 0 Å². The molecule has 9 heteroatoms. The van der Waals surface area contributed by atoms with E-state index in [-0.39, 0.29) is 5.41 Å². The van der Waals surface area contributed by atoms with Crippen molar-refractivity contribution in [2.45, 2.75) is 94.9 Å². The van der Waals surface area contributed by atoms with Crippen molar-refractivity contribution in [3.05, 3.63) is 118 Å². The van der Waals surface area contributed by atoms with Crippen LogP contribution in [0.4, 0.5) is 0 Å². The highest BCUT2D eigenvalue weighted by molar-refractivity contribution is 7.08. The van der Waals surface area contributed by atoms with Crippen LogP contribution in [0.1, 0.15) is 91.0 Å². The topological polar surface area (TPSA) is 70.0 Å². The maximum Gasteiger partial charge on any atom is 0.171 e. The Balaban J connectivity index is 0.000000237. The summed E-state index contributed by atoms with van der Waals surface area (Å²) in [5, 5.41) is 3.95. The first kappa shape index (κ1) is 45.0. The van der Waals surface area contributed by atoms with Crippen LogP contribution >= 0.6 is 34.8 Å². The smallest absolute Gasteiger partial charge is 0.171 e. The summed E-state index contributed by atoms with van der Waals surface area (Å²) < 4.78 is 27.3. The van der Waals surface area contributed by atoms with Crippen LogP contribution in [0.25, 0.3) is 33.2 Å². The normalized spacial score (nSPS) is 11.1. The van der Waals surface area contributed by atoms with Crippen LogP contribution in [0.3, 0.4) is 0 Å². The van der Waals surface area contributed by atoms with Gasteiger partial charge in [0.2, 0.25) is 0 Å². The molecule has 0 saturated heterocycles. The van der Waals surface area contributed by atoms with E-state index in [9.17, 15) is 0 Å². The third kappa shape index (κ3) is 14.6. The Hall–Kier alpha value is -4.18. The van der Waals surface area contributed by atoms with Gasteiger partial charge < -0.3 is 9.47 Å². The van der Waals surface area contributed by atoms with Crippen LogP contribution in [0.15, 0.2) is 95.7 Å². The van der Waals surface area contributed by atoms with Crippen molar-refractivity contribution in [1.29, 1.82) is 0 Å². The summed E-state index contributed by atoms with van der Waals surface area (Å²) in [6, 6.07) is 29.6. The Morgan fingerprint density at radius 3 is 1.47 bits per heavy atom. The third-order valence-electron chi connectivity index (χ3n) is 7.53. The Morgan fingerprint density at radius 1 is 0.528 bits per heavy atom. The van der Waals surface area contributed by atoms with Gasteiger partial charge in [-0.3, -0.25) is 0 Å². The Labute approximate surface area is 330 Å². The molecule has 4 aromatic carbocycles. The maximum atomic E-state index is 5.37. The quantitative estimate of drug-likeness (QED) is 0.166. The van der Waals surface area contributed by atoms with E-state index in [1.54, 1.807) is 11.3 Å². The lowest BCUT2D eigenvalue weighted by molar-refractivity contribution is 0.297. The number of aryl methyl sites for hydroxylation is 3. The second-order valence-electron chi connectivity index (χ2n) is 12.3. The minimum atomic E-state index is 0.231. The summed E-state index contributed by atoms with van der Waals surface area (Å²) in [6.45, 7) is 26.5. The van der Waals surface area contributed by atoms with E-state index in [0.717, 1.165) is 53.2 Å². The van der Waals surface area contributed by atoms with E-state index in [0.29, 0.717) is 0 Å². The molecule has 3 aromatic heterocycles. The first-order valence-electron chi connectivity index (χ1n) is 18.5. The number of thiophene rings is 1. The molecule has 53 heavy (non-hydrogen) atoms. The van der Waals surface area contributed by atoms with Gasteiger partial charge in [-0.05, 0) is 83.8 Å². The Kier molecular flexibility index (Phi) is 20.5. The number of fused-ring (bicyclic) bond motifs is 3.